The van der Waals surface area contributed by atoms with E-state index in [4.69, 9.17) is 0 Å². The number of carbonyl (C=O) groups is 1. The van der Waals surface area contributed by atoms with Gasteiger partial charge >= 0.3 is 0 Å². The maximum Gasteiger partial charge on any atom is 0.155 e. The number of ketones is 1. The molecule has 5 rings (SSSR count). The summed E-state index contributed by atoms with van der Waals surface area (Å²) in [5, 5.41) is 13.9. The maximum absolute atomic E-state index is 13.4. The monoisotopic (exact) mass is 441 g/mol. The molecule has 0 amide bonds. The first-order valence-electron chi connectivity index (χ1n) is 12.9. The topological polar surface area (TPSA) is 49.3 Å². The number of aliphatic hydroxyl groups is 1. The highest BCUT2D eigenvalue weighted by atomic mass is 19.1. The van der Waals surface area contributed by atoms with Crippen LogP contribution in [0.15, 0.2) is 24.3 Å². The molecule has 1 aromatic carbocycles. The average Bonchev–Trinajstić information content (AvgIpc) is 3.03. The molecule has 0 aromatic heterocycles. The van der Waals surface area contributed by atoms with Gasteiger partial charge in [-0.25, -0.2) is 4.39 Å². The Morgan fingerprint density at radius 1 is 1.06 bits per heavy atom. The second kappa shape index (κ2) is 8.11. The molecular formula is C28H40FNO2. The van der Waals surface area contributed by atoms with Crippen LogP contribution in [0, 0.1) is 52.7 Å². The van der Waals surface area contributed by atoms with Crippen LogP contribution in [-0.4, -0.2) is 23.0 Å². The van der Waals surface area contributed by atoms with Crippen molar-refractivity contribution in [1.82, 2.24) is 0 Å². The third kappa shape index (κ3) is 3.81. The molecule has 32 heavy (non-hydrogen) atoms. The molecule has 1 aromatic rings. The predicted molar refractivity (Wildman–Crippen MR) is 126 cm³/mol. The molecule has 4 aliphatic rings. The second-order valence-electron chi connectivity index (χ2n) is 12.2. The van der Waals surface area contributed by atoms with Gasteiger partial charge in [-0.05, 0) is 123 Å². The molecule has 3 nitrogen and oxygen atoms in total. The van der Waals surface area contributed by atoms with Crippen molar-refractivity contribution in [3.8, 4) is 0 Å². The van der Waals surface area contributed by atoms with Crippen molar-refractivity contribution in [2.24, 2.45) is 46.8 Å². The van der Waals surface area contributed by atoms with E-state index in [1.165, 1.54) is 37.8 Å². The zero-order chi connectivity index (χ0) is 22.7. The van der Waals surface area contributed by atoms with Crippen molar-refractivity contribution in [3.63, 3.8) is 0 Å². The van der Waals surface area contributed by atoms with Gasteiger partial charge in [0.15, 0.2) is 5.78 Å². The van der Waals surface area contributed by atoms with E-state index in [0.29, 0.717) is 30.1 Å². The quantitative estimate of drug-likeness (QED) is 0.596. The molecule has 0 heterocycles. The fourth-order valence-corrected chi connectivity index (χ4v) is 9.00. The van der Waals surface area contributed by atoms with E-state index < -0.39 is 5.60 Å². The zero-order valence-corrected chi connectivity index (χ0v) is 19.9. The van der Waals surface area contributed by atoms with Crippen LogP contribution in [0.5, 0.6) is 0 Å². The molecule has 0 radical (unpaired) electrons. The molecule has 0 bridgehead atoms. The number of rotatable bonds is 4. The molecule has 0 saturated heterocycles. The fraction of sp³-hybridized carbons (Fsp3) is 0.750. The van der Waals surface area contributed by atoms with Crippen molar-refractivity contribution >= 4 is 11.5 Å². The highest BCUT2D eigenvalue weighted by molar-refractivity contribution is 5.86. The second-order valence-corrected chi connectivity index (χ2v) is 12.2. The number of carbonyl (C=O) groups excluding carboxylic acids is 1. The molecule has 176 valence electrons. The van der Waals surface area contributed by atoms with Crippen LogP contribution in [0.3, 0.4) is 0 Å². The van der Waals surface area contributed by atoms with Crippen LogP contribution in [0.25, 0.3) is 0 Å². The number of hydrogen-bond donors (Lipinski definition) is 2. The highest BCUT2D eigenvalue weighted by Gasteiger charge is 2.60. The Morgan fingerprint density at radius 2 is 1.78 bits per heavy atom. The molecule has 2 unspecified atom stereocenters. The SMILES string of the molecule is C[C@@H]1C[C@H](C(=O)CNc2ccc(F)cc2)[C@@]2(C)CCC3[C@@H](CC[C@@H]4C[C@](C)(O)CC[C@H]34)C12. The van der Waals surface area contributed by atoms with Gasteiger partial charge in [0.1, 0.15) is 5.82 Å². The van der Waals surface area contributed by atoms with Gasteiger partial charge in [-0.1, -0.05) is 13.8 Å². The molecule has 2 N–H and O–H groups in total. The number of fused-ring (bicyclic) bond motifs is 5. The Bertz CT molecular complexity index is 851. The first-order valence-corrected chi connectivity index (χ1v) is 12.9. The Hall–Kier alpha value is -1.42. The molecule has 0 spiro atoms. The van der Waals surface area contributed by atoms with E-state index in [1.54, 1.807) is 12.1 Å². The fourth-order valence-electron chi connectivity index (χ4n) is 9.00. The summed E-state index contributed by atoms with van der Waals surface area (Å²) in [5.74, 6) is 4.44. The van der Waals surface area contributed by atoms with Crippen molar-refractivity contribution < 1.29 is 14.3 Å². The average molecular weight is 442 g/mol. The van der Waals surface area contributed by atoms with Gasteiger partial charge in [0.2, 0.25) is 0 Å². The van der Waals surface area contributed by atoms with Crippen molar-refractivity contribution in [1.29, 1.82) is 0 Å². The summed E-state index contributed by atoms with van der Waals surface area (Å²) >= 11 is 0. The summed E-state index contributed by atoms with van der Waals surface area (Å²) in [6.07, 6.45) is 9.07. The van der Waals surface area contributed by atoms with Gasteiger partial charge < -0.3 is 10.4 Å². The minimum Gasteiger partial charge on any atom is -0.390 e. The van der Waals surface area contributed by atoms with E-state index >= 15 is 0 Å². The minimum atomic E-state index is -0.465. The van der Waals surface area contributed by atoms with Crippen LogP contribution in [0.2, 0.25) is 0 Å². The van der Waals surface area contributed by atoms with Gasteiger partial charge in [-0.2, -0.15) is 0 Å². The first-order chi connectivity index (χ1) is 15.2. The Kier molecular flexibility index (Phi) is 5.67. The van der Waals surface area contributed by atoms with Crippen LogP contribution < -0.4 is 5.32 Å². The first kappa shape index (κ1) is 22.4. The summed E-state index contributed by atoms with van der Waals surface area (Å²) in [4.78, 5) is 13.4. The van der Waals surface area contributed by atoms with E-state index in [0.717, 1.165) is 49.1 Å². The standard InChI is InChI=1S/C28H40FNO2/c1-17-14-24(25(31)16-30-20-7-5-19(29)6-8-20)28(3)13-11-22-21-10-12-27(2,32)15-18(21)4-9-23(22)26(17)28/h5-8,17-18,21-24,26,30,32H,4,9-16H2,1-3H3/t17-,18-,21+,22?,23-,24-,26?,27-,28-/m1/s1. The van der Waals surface area contributed by atoms with Crippen LogP contribution in [0.1, 0.15) is 72.1 Å². The Balaban J connectivity index is 1.29. The normalized spacial score (nSPS) is 45.5. The summed E-state index contributed by atoms with van der Waals surface area (Å²) in [5.41, 5.74) is 0.449. The van der Waals surface area contributed by atoms with Gasteiger partial charge in [0, 0.05) is 11.6 Å². The summed E-state index contributed by atoms with van der Waals surface area (Å²) in [6, 6.07) is 6.28. The molecule has 4 saturated carbocycles. The summed E-state index contributed by atoms with van der Waals surface area (Å²) in [7, 11) is 0. The highest BCUT2D eigenvalue weighted by Crippen LogP contribution is 2.66. The van der Waals surface area contributed by atoms with E-state index in [-0.39, 0.29) is 17.2 Å². The predicted octanol–water partition coefficient (Wildman–Crippen LogP) is 6.07. The van der Waals surface area contributed by atoms with Gasteiger partial charge in [0.25, 0.3) is 0 Å². The smallest absolute Gasteiger partial charge is 0.155 e. The molecule has 9 atom stereocenters. The summed E-state index contributed by atoms with van der Waals surface area (Å²) < 4.78 is 13.2. The van der Waals surface area contributed by atoms with Gasteiger partial charge in [-0.3, -0.25) is 4.79 Å². The van der Waals surface area contributed by atoms with Gasteiger partial charge in [-0.15, -0.1) is 0 Å². The third-order valence-corrected chi connectivity index (χ3v) is 10.2. The number of nitrogens with one attached hydrogen (secondary N) is 1. The number of halogens is 1. The number of Topliss-reactive ketones (excluding diaryl/α,β-unsaturated/α-hetero) is 1. The lowest BCUT2D eigenvalue weighted by molar-refractivity contribution is -0.131. The Labute approximate surface area is 192 Å². The lowest BCUT2D eigenvalue weighted by Gasteiger charge is -2.57. The molecular weight excluding hydrogens is 401 g/mol. The van der Waals surface area contributed by atoms with Crippen LogP contribution in [0.4, 0.5) is 10.1 Å². The molecule has 4 fully saturated rings. The van der Waals surface area contributed by atoms with E-state index in [1.807, 2.05) is 6.92 Å². The van der Waals surface area contributed by atoms with Gasteiger partial charge in [0.05, 0.1) is 12.1 Å². The van der Waals surface area contributed by atoms with Crippen LogP contribution in [-0.2, 0) is 4.79 Å². The Morgan fingerprint density at radius 3 is 2.53 bits per heavy atom. The molecule has 0 aliphatic heterocycles. The van der Waals surface area contributed by atoms with E-state index in [9.17, 15) is 14.3 Å². The van der Waals surface area contributed by atoms with Crippen molar-refractivity contribution in [2.45, 2.75) is 77.7 Å². The zero-order valence-electron chi connectivity index (χ0n) is 19.9. The lowest BCUT2D eigenvalue weighted by Crippen LogP contribution is -2.52. The third-order valence-electron chi connectivity index (χ3n) is 10.2. The van der Waals surface area contributed by atoms with Crippen LogP contribution >= 0.6 is 0 Å². The molecule has 4 aliphatic carbocycles. The van der Waals surface area contributed by atoms with E-state index in [2.05, 4.69) is 19.2 Å². The maximum atomic E-state index is 13.4. The summed E-state index contributed by atoms with van der Waals surface area (Å²) in [6.45, 7) is 7.17. The van der Waals surface area contributed by atoms with Crippen molar-refractivity contribution in [3.05, 3.63) is 30.1 Å². The number of benzene rings is 1. The minimum absolute atomic E-state index is 0.106. The number of anilines is 1. The van der Waals surface area contributed by atoms with Crippen molar-refractivity contribution in [2.75, 3.05) is 11.9 Å². The number of hydrogen-bond acceptors (Lipinski definition) is 3. The lowest BCUT2D eigenvalue weighted by atomic mass is 9.48. The molecule has 4 heteroatoms. The largest absolute Gasteiger partial charge is 0.390 e.